The van der Waals surface area contributed by atoms with Gasteiger partial charge in [-0.25, -0.2) is 9.97 Å². The number of fused-ring (bicyclic) bond motifs is 1. The molecule has 0 unspecified atom stereocenters. The first-order chi connectivity index (χ1) is 12.9. The topological polar surface area (TPSA) is 41.5 Å². The van der Waals surface area contributed by atoms with E-state index in [4.69, 9.17) is 14.7 Å². The van der Waals surface area contributed by atoms with E-state index in [1.54, 1.807) is 0 Å². The Morgan fingerprint density at radius 2 is 1.85 bits per heavy atom. The van der Waals surface area contributed by atoms with E-state index < -0.39 is 0 Å². The zero-order valence-corrected chi connectivity index (χ0v) is 15.3. The van der Waals surface area contributed by atoms with E-state index in [2.05, 4.69) is 34.1 Å². The van der Waals surface area contributed by atoms with Gasteiger partial charge in [0.25, 0.3) is 0 Å². The average Bonchev–Trinajstić information content (AvgIpc) is 3.09. The predicted octanol–water partition coefficient (Wildman–Crippen LogP) is 2.67. The maximum atomic E-state index is 5.47. The number of nitrogens with zero attached hydrogens (tertiary/aromatic N) is 4. The number of aryl methyl sites for hydroxylation is 1. The predicted molar refractivity (Wildman–Crippen MR) is 102 cm³/mol. The highest BCUT2D eigenvalue weighted by atomic mass is 16.5. The van der Waals surface area contributed by atoms with Gasteiger partial charge in [-0.2, -0.15) is 0 Å². The van der Waals surface area contributed by atoms with Gasteiger partial charge in [0.05, 0.1) is 18.9 Å². The zero-order chi connectivity index (χ0) is 17.3. The van der Waals surface area contributed by atoms with E-state index in [-0.39, 0.29) is 0 Å². The Labute approximate surface area is 155 Å². The molecule has 0 spiro atoms. The van der Waals surface area contributed by atoms with Crippen molar-refractivity contribution in [3.05, 3.63) is 41.1 Å². The molecule has 2 aliphatic heterocycles. The molecule has 5 nitrogen and oxygen atoms in total. The van der Waals surface area contributed by atoms with Crippen LogP contribution in [0.4, 0.5) is 5.95 Å². The van der Waals surface area contributed by atoms with E-state index in [0.29, 0.717) is 0 Å². The Balaban J connectivity index is 1.47. The molecule has 2 aromatic rings. The number of ether oxygens (including phenoxy) is 1. The third kappa shape index (κ3) is 3.10. The summed E-state index contributed by atoms with van der Waals surface area (Å²) in [5.74, 6) is 0.936. The second kappa shape index (κ2) is 6.97. The minimum Gasteiger partial charge on any atom is -0.379 e. The van der Waals surface area contributed by atoms with Crippen LogP contribution < -0.4 is 4.90 Å². The first-order valence-corrected chi connectivity index (χ1v) is 9.91. The maximum absolute atomic E-state index is 5.47. The maximum Gasteiger partial charge on any atom is 0.226 e. The second-order valence-electron chi connectivity index (χ2n) is 7.58. The van der Waals surface area contributed by atoms with Crippen LogP contribution in [0.15, 0.2) is 24.3 Å². The SMILES string of the molecule is c1cc(CN2CCOCC2)cc(-c2nc(N3CCC3)nc3c2CCC3)c1. The molecule has 0 bridgehead atoms. The molecule has 0 N–H and O–H groups in total. The minimum atomic E-state index is 0.846. The lowest BCUT2D eigenvalue weighted by Gasteiger charge is -2.31. The fourth-order valence-electron chi connectivity index (χ4n) is 4.15. The van der Waals surface area contributed by atoms with Gasteiger partial charge in [0, 0.05) is 49.5 Å². The third-order valence-electron chi connectivity index (χ3n) is 5.77. The standard InChI is InChI=1S/C21H26N4O/c1-4-16(15-24-10-12-26-13-11-24)14-17(5-1)20-18-6-2-7-19(18)22-21(23-20)25-8-3-9-25/h1,4-5,14H,2-3,6-13,15H2. The van der Waals surface area contributed by atoms with E-state index in [9.17, 15) is 0 Å². The van der Waals surface area contributed by atoms with Crippen LogP contribution in [-0.4, -0.2) is 54.3 Å². The number of morpholine rings is 1. The summed E-state index contributed by atoms with van der Waals surface area (Å²) in [7, 11) is 0. The molecule has 5 heteroatoms. The fraction of sp³-hybridized carbons (Fsp3) is 0.524. The van der Waals surface area contributed by atoms with Crippen LogP contribution in [0.5, 0.6) is 0 Å². The Morgan fingerprint density at radius 3 is 2.65 bits per heavy atom. The molecule has 3 aliphatic rings. The van der Waals surface area contributed by atoms with E-state index in [0.717, 1.165) is 64.7 Å². The highest BCUT2D eigenvalue weighted by molar-refractivity contribution is 5.67. The number of rotatable bonds is 4. The Hall–Kier alpha value is -1.98. The van der Waals surface area contributed by atoms with Crippen LogP contribution in [0.1, 0.15) is 29.7 Å². The van der Waals surface area contributed by atoms with Crippen LogP contribution in [0, 0.1) is 0 Å². The van der Waals surface area contributed by atoms with Crippen molar-refractivity contribution in [3.8, 4) is 11.3 Å². The molecule has 136 valence electrons. The van der Waals surface area contributed by atoms with E-state index >= 15 is 0 Å². The molecule has 26 heavy (non-hydrogen) atoms. The van der Waals surface area contributed by atoms with E-state index in [1.165, 1.54) is 40.9 Å². The number of benzene rings is 1. The number of hydrogen-bond acceptors (Lipinski definition) is 5. The minimum absolute atomic E-state index is 0.846. The Bertz CT molecular complexity index is 797. The zero-order valence-electron chi connectivity index (χ0n) is 15.3. The third-order valence-corrected chi connectivity index (χ3v) is 5.77. The molecule has 0 atom stereocenters. The summed E-state index contributed by atoms with van der Waals surface area (Å²) in [6.45, 7) is 6.91. The highest BCUT2D eigenvalue weighted by Crippen LogP contribution is 2.33. The molecular formula is C21H26N4O. The number of aromatic nitrogens is 2. The molecule has 0 radical (unpaired) electrons. The lowest BCUT2D eigenvalue weighted by Crippen LogP contribution is -2.38. The molecule has 1 aromatic heterocycles. The molecule has 2 fully saturated rings. The van der Waals surface area contributed by atoms with Gasteiger partial charge in [0.2, 0.25) is 5.95 Å². The summed E-state index contributed by atoms with van der Waals surface area (Å²) in [5.41, 5.74) is 6.42. The van der Waals surface area contributed by atoms with Crippen LogP contribution in [0.3, 0.4) is 0 Å². The molecular weight excluding hydrogens is 324 g/mol. The first-order valence-electron chi connectivity index (χ1n) is 9.91. The van der Waals surface area contributed by atoms with Crippen molar-refractivity contribution >= 4 is 5.95 Å². The van der Waals surface area contributed by atoms with Crippen molar-refractivity contribution in [1.82, 2.24) is 14.9 Å². The number of anilines is 1. The van der Waals surface area contributed by atoms with Crippen molar-refractivity contribution in [2.24, 2.45) is 0 Å². The highest BCUT2D eigenvalue weighted by Gasteiger charge is 2.24. The van der Waals surface area contributed by atoms with Crippen LogP contribution in [0.2, 0.25) is 0 Å². The molecule has 2 saturated heterocycles. The molecule has 5 rings (SSSR count). The van der Waals surface area contributed by atoms with Crippen molar-refractivity contribution in [2.45, 2.75) is 32.2 Å². The van der Waals surface area contributed by atoms with Gasteiger partial charge in [0.1, 0.15) is 0 Å². The molecule has 0 saturated carbocycles. The van der Waals surface area contributed by atoms with Gasteiger partial charge < -0.3 is 9.64 Å². The van der Waals surface area contributed by atoms with Crippen molar-refractivity contribution in [1.29, 1.82) is 0 Å². The van der Waals surface area contributed by atoms with Crippen molar-refractivity contribution < 1.29 is 4.74 Å². The number of hydrogen-bond donors (Lipinski definition) is 0. The van der Waals surface area contributed by atoms with Gasteiger partial charge in [-0.3, -0.25) is 4.90 Å². The summed E-state index contributed by atoms with van der Waals surface area (Å²) in [6.07, 6.45) is 4.66. The second-order valence-corrected chi connectivity index (χ2v) is 7.58. The van der Waals surface area contributed by atoms with Crippen molar-refractivity contribution in [3.63, 3.8) is 0 Å². The fourth-order valence-corrected chi connectivity index (χ4v) is 4.15. The molecule has 0 amide bonds. The normalized spacial score (nSPS) is 20.1. The lowest BCUT2D eigenvalue weighted by atomic mass is 10.0. The Kier molecular flexibility index (Phi) is 4.35. The quantitative estimate of drug-likeness (QED) is 0.848. The van der Waals surface area contributed by atoms with Gasteiger partial charge in [-0.05, 0) is 37.3 Å². The largest absolute Gasteiger partial charge is 0.379 e. The van der Waals surface area contributed by atoms with Crippen LogP contribution in [-0.2, 0) is 24.1 Å². The smallest absolute Gasteiger partial charge is 0.226 e. The Morgan fingerprint density at radius 1 is 0.962 bits per heavy atom. The van der Waals surface area contributed by atoms with Crippen LogP contribution >= 0.6 is 0 Å². The summed E-state index contributed by atoms with van der Waals surface area (Å²) < 4.78 is 5.47. The van der Waals surface area contributed by atoms with Crippen molar-refractivity contribution in [2.75, 3.05) is 44.3 Å². The summed E-state index contributed by atoms with van der Waals surface area (Å²) >= 11 is 0. The van der Waals surface area contributed by atoms with E-state index in [1.807, 2.05) is 0 Å². The molecule has 1 aromatic carbocycles. The summed E-state index contributed by atoms with van der Waals surface area (Å²) in [5, 5.41) is 0. The summed E-state index contributed by atoms with van der Waals surface area (Å²) in [4.78, 5) is 14.7. The summed E-state index contributed by atoms with van der Waals surface area (Å²) in [6, 6.07) is 8.95. The van der Waals surface area contributed by atoms with Gasteiger partial charge in [0.15, 0.2) is 0 Å². The van der Waals surface area contributed by atoms with Gasteiger partial charge in [-0.15, -0.1) is 0 Å². The molecule has 1 aliphatic carbocycles. The molecule has 3 heterocycles. The van der Waals surface area contributed by atoms with Gasteiger partial charge >= 0.3 is 0 Å². The first kappa shape index (κ1) is 16.2. The van der Waals surface area contributed by atoms with Gasteiger partial charge in [-0.1, -0.05) is 18.2 Å². The average molecular weight is 350 g/mol. The lowest BCUT2D eigenvalue weighted by molar-refractivity contribution is 0.0342. The monoisotopic (exact) mass is 350 g/mol. The van der Waals surface area contributed by atoms with Crippen LogP contribution in [0.25, 0.3) is 11.3 Å².